The average Bonchev–Trinajstić information content (AvgIpc) is 3.06. The molecule has 0 atom stereocenters. The summed E-state index contributed by atoms with van der Waals surface area (Å²) in [5.74, 6) is 0.855. The highest BCUT2D eigenvalue weighted by Gasteiger charge is 2.25. The van der Waals surface area contributed by atoms with Gasteiger partial charge in [0, 0.05) is 37.1 Å². The van der Waals surface area contributed by atoms with Crippen molar-refractivity contribution in [2.75, 3.05) is 18.6 Å². The minimum Gasteiger partial charge on any atom is -0.494 e. The van der Waals surface area contributed by atoms with Crippen molar-refractivity contribution >= 4 is 17.2 Å². The van der Waals surface area contributed by atoms with E-state index in [-0.39, 0.29) is 5.91 Å². The van der Waals surface area contributed by atoms with E-state index in [0.29, 0.717) is 12.2 Å². The number of pyridine rings is 1. The van der Waals surface area contributed by atoms with Crippen LogP contribution in [0.4, 0.5) is 5.69 Å². The van der Waals surface area contributed by atoms with E-state index in [9.17, 15) is 4.79 Å². The lowest BCUT2D eigenvalue weighted by Gasteiger charge is -2.19. The maximum absolute atomic E-state index is 11.8. The second-order valence-corrected chi connectivity index (χ2v) is 4.50. The number of hydrogen-bond acceptors (Lipinski definition) is 3. The predicted octanol–water partition coefficient (Wildman–Crippen LogP) is 2.80. The molecule has 1 aliphatic heterocycles. The molecule has 108 valence electrons. The van der Waals surface area contributed by atoms with Crippen molar-refractivity contribution < 1.29 is 9.53 Å². The third-order valence-electron chi connectivity index (χ3n) is 3.36. The van der Waals surface area contributed by atoms with E-state index in [1.54, 1.807) is 12.0 Å². The van der Waals surface area contributed by atoms with Gasteiger partial charge in [0.15, 0.2) is 0 Å². The van der Waals surface area contributed by atoms with Crippen molar-refractivity contribution in [1.29, 1.82) is 0 Å². The van der Waals surface area contributed by atoms with Crippen molar-refractivity contribution in [3.63, 3.8) is 0 Å². The lowest BCUT2D eigenvalue weighted by Crippen LogP contribution is -2.24. The minimum absolute atomic E-state index is 0.158. The summed E-state index contributed by atoms with van der Waals surface area (Å²) in [6, 6.07) is 1.87. The van der Waals surface area contributed by atoms with Gasteiger partial charge in [-0.1, -0.05) is 13.8 Å². The number of fused-ring (bicyclic) bond motifs is 1. The Morgan fingerprint density at radius 1 is 1.35 bits per heavy atom. The average molecular weight is 275 g/mol. The Hall–Kier alpha value is -2.04. The molecule has 3 heterocycles. The van der Waals surface area contributed by atoms with Crippen molar-refractivity contribution in [1.82, 2.24) is 9.38 Å². The molecule has 0 radical (unpaired) electrons. The van der Waals surface area contributed by atoms with Crippen LogP contribution in [0.1, 0.15) is 32.4 Å². The van der Waals surface area contributed by atoms with Crippen molar-refractivity contribution in [2.24, 2.45) is 0 Å². The number of aromatic nitrogens is 2. The second-order valence-electron chi connectivity index (χ2n) is 4.50. The molecule has 1 fully saturated rings. The van der Waals surface area contributed by atoms with Crippen LogP contribution in [0.15, 0.2) is 18.5 Å². The molecule has 1 saturated heterocycles. The Balaban J connectivity index is 0.000000704. The first kappa shape index (κ1) is 14.4. The fraction of sp³-hybridized carbons (Fsp3) is 0.467. The van der Waals surface area contributed by atoms with E-state index < -0.39 is 0 Å². The van der Waals surface area contributed by atoms with Crippen LogP contribution in [-0.2, 0) is 4.79 Å². The molecule has 0 aliphatic carbocycles. The Morgan fingerprint density at radius 2 is 2.10 bits per heavy atom. The summed E-state index contributed by atoms with van der Waals surface area (Å²) in [4.78, 5) is 17.9. The van der Waals surface area contributed by atoms with Crippen LogP contribution in [0.25, 0.3) is 5.65 Å². The van der Waals surface area contributed by atoms with E-state index in [1.807, 2.05) is 43.6 Å². The largest absolute Gasteiger partial charge is 0.494 e. The first-order chi connectivity index (χ1) is 9.70. The van der Waals surface area contributed by atoms with Crippen molar-refractivity contribution in [3.05, 3.63) is 24.2 Å². The molecule has 2 aromatic heterocycles. The zero-order chi connectivity index (χ0) is 14.7. The van der Waals surface area contributed by atoms with Gasteiger partial charge >= 0.3 is 0 Å². The number of rotatable bonds is 2. The van der Waals surface area contributed by atoms with Crippen LogP contribution in [-0.4, -0.2) is 28.9 Å². The Bertz CT molecular complexity index is 619. The fourth-order valence-electron chi connectivity index (χ4n) is 2.39. The van der Waals surface area contributed by atoms with Gasteiger partial charge < -0.3 is 14.0 Å². The monoisotopic (exact) mass is 275 g/mol. The highest BCUT2D eigenvalue weighted by molar-refractivity contribution is 5.96. The van der Waals surface area contributed by atoms with Gasteiger partial charge in [-0.25, -0.2) is 4.98 Å². The smallest absolute Gasteiger partial charge is 0.227 e. The van der Waals surface area contributed by atoms with Crippen LogP contribution >= 0.6 is 0 Å². The molecule has 1 amide bonds. The molecule has 5 heteroatoms. The summed E-state index contributed by atoms with van der Waals surface area (Å²) in [5.41, 5.74) is 2.70. The number of nitrogens with zero attached hydrogens (tertiary/aromatic N) is 3. The molecule has 0 N–H and O–H groups in total. The topological polar surface area (TPSA) is 46.8 Å². The molecule has 0 unspecified atom stereocenters. The molecule has 2 aromatic rings. The predicted molar refractivity (Wildman–Crippen MR) is 79.4 cm³/mol. The lowest BCUT2D eigenvalue weighted by atomic mass is 10.3. The van der Waals surface area contributed by atoms with Crippen LogP contribution in [0.3, 0.4) is 0 Å². The molecule has 0 saturated carbocycles. The molecular weight excluding hydrogens is 254 g/mol. The summed E-state index contributed by atoms with van der Waals surface area (Å²) in [6.45, 7) is 6.75. The molecule has 20 heavy (non-hydrogen) atoms. The second kappa shape index (κ2) is 5.94. The number of carbonyl (C=O) groups is 1. The zero-order valence-corrected chi connectivity index (χ0v) is 12.5. The first-order valence-corrected chi connectivity index (χ1v) is 7.03. The van der Waals surface area contributed by atoms with Gasteiger partial charge in [0.2, 0.25) is 5.91 Å². The molecule has 1 aliphatic rings. The SMILES string of the molecule is CC.COc1cc2ncc(C)n2cc1N1CCCC1=O. The van der Waals surface area contributed by atoms with E-state index in [1.165, 1.54) is 0 Å². The van der Waals surface area contributed by atoms with Gasteiger partial charge in [0.25, 0.3) is 0 Å². The van der Waals surface area contributed by atoms with E-state index in [2.05, 4.69) is 4.98 Å². The van der Waals surface area contributed by atoms with Crippen LogP contribution in [0, 0.1) is 6.92 Å². The van der Waals surface area contributed by atoms with E-state index in [0.717, 1.165) is 30.0 Å². The van der Waals surface area contributed by atoms with Gasteiger partial charge in [0.1, 0.15) is 17.1 Å². The maximum atomic E-state index is 11.8. The number of methoxy groups -OCH3 is 1. The van der Waals surface area contributed by atoms with E-state index >= 15 is 0 Å². The van der Waals surface area contributed by atoms with Gasteiger partial charge in [-0.2, -0.15) is 0 Å². The number of aryl methyl sites for hydroxylation is 1. The summed E-state index contributed by atoms with van der Waals surface area (Å²) in [7, 11) is 1.62. The van der Waals surface area contributed by atoms with Crippen LogP contribution in [0.5, 0.6) is 5.75 Å². The van der Waals surface area contributed by atoms with Crippen molar-refractivity contribution in [2.45, 2.75) is 33.6 Å². The number of amides is 1. The number of imidazole rings is 1. The molecule has 0 spiro atoms. The molecule has 0 bridgehead atoms. The summed E-state index contributed by atoms with van der Waals surface area (Å²) < 4.78 is 7.35. The Labute approximate surface area is 119 Å². The number of hydrogen-bond donors (Lipinski definition) is 0. The number of anilines is 1. The van der Waals surface area contributed by atoms with Crippen LogP contribution in [0.2, 0.25) is 0 Å². The molecule has 3 rings (SSSR count). The maximum Gasteiger partial charge on any atom is 0.227 e. The lowest BCUT2D eigenvalue weighted by molar-refractivity contribution is -0.117. The van der Waals surface area contributed by atoms with Crippen LogP contribution < -0.4 is 9.64 Å². The normalized spacial score (nSPS) is 14.4. The van der Waals surface area contributed by atoms with E-state index in [4.69, 9.17) is 4.74 Å². The van der Waals surface area contributed by atoms with Gasteiger partial charge in [0.05, 0.1) is 7.11 Å². The minimum atomic E-state index is 0.158. The summed E-state index contributed by atoms with van der Waals surface area (Å²) in [5, 5.41) is 0. The number of ether oxygens (including phenoxy) is 1. The van der Waals surface area contributed by atoms with Gasteiger partial charge in [-0.15, -0.1) is 0 Å². The van der Waals surface area contributed by atoms with Gasteiger partial charge in [-0.3, -0.25) is 4.79 Å². The molecule has 5 nitrogen and oxygen atoms in total. The van der Waals surface area contributed by atoms with Gasteiger partial charge in [-0.05, 0) is 13.3 Å². The Morgan fingerprint density at radius 3 is 2.70 bits per heavy atom. The highest BCUT2D eigenvalue weighted by atomic mass is 16.5. The third-order valence-corrected chi connectivity index (χ3v) is 3.36. The summed E-state index contributed by atoms with van der Waals surface area (Å²) >= 11 is 0. The quantitative estimate of drug-likeness (QED) is 0.846. The third kappa shape index (κ3) is 2.35. The first-order valence-electron chi connectivity index (χ1n) is 7.03. The Kier molecular flexibility index (Phi) is 4.27. The molecular formula is C15H21N3O2. The fourth-order valence-corrected chi connectivity index (χ4v) is 2.39. The number of carbonyl (C=O) groups excluding carboxylic acids is 1. The van der Waals surface area contributed by atoms with Crippen molar-refractivity contribution in [3.8, 4) is 5.75 Å². The standard InChI is InChI=1S/C13H15N3O2.C2H6/c1-9-7-14-12-6-11(18-2)10(8-16(9)12)15-5-3-4-13(15)17;1-2/h6-8H,3-5H2,1-2H3;1-2H3. The molecule has 0 aromatic carbocycles. The summed E-state index contributed by atoms with van der Waals surface area (Å²) in [6.07, 6.45) is 5.26. The zero-order valence-electron chi connectivity index (χ0n) is 12.5. The highest BCUT2D eigenvalue weighted by Crippen LogP contribution is 2.32.